The minimum absolute atomic E-state index is 0.0825. The highest BCUT2D eigenvalue weighted by molar-refractivity contribution is 5.50. The molecule has 0 atom stereocenters. The number of rotatable bonds is 3. The number of aromatic hydroxyl groups is 1. The summed E-state index contributed by atoms with van der Waals surface area (Å²) < 4.78 is 40.2. The second-order valence-corrected chi connectivity index (χ2v) is 4.18. The Morgan fingerprint density at radius 1 is 1.11 bits per heavy atom. The number of hydrogen-bond donors (Lipinski definition) is 2. The van der Waals surface area contributed by atoms with E-state index in [4.69, 9.17) is 0 Å². The Balaban J connectivity index is 2.24. The molecule has 0 aliphatic rings. The summed E-state index contributed by atoms with van der Waals surface area (Å²) in [4.78, 5) is 0. The average Bonchev–Trinajstić information content (AvgIpc) is 2.38. The van der Waals surface area contributed by atoms with Gasteiger partial charge in [0.1, 0.15) is 23.1 Å². The molecule has 2 aromatic rings. The van der Waals surface area contributed by atoms with Gasteiger partial charge in [-0.05, 0) is 36.8 Å². The highest BCUT2D eigenvalue weighted by atomic mass is 19.1. The van der Waals surface area contributed by atoms with Crippen molar-refractivity contribution in [2.75, 3.05) is 5.32 Å². The first-order valence-electron chi connectivity index (χ1n) is 5.65. The van der Waals surface area contributed by atoms with Crippen LogP contribution in [0.5, 0.6) is 5.75 Å². The number of anilines is 1. The number of aryl methyl sites for hydroxylation is 1. The third-order valence-corrected chi connectivity index (χ3v) is 2.78. The van der Waals surface area contributed by atoms with E-state index in [0.717, 1.165) is 18.2 Å². The molecule has 100 valence electrons. The van der Waals surface area contributed by atoms with Gasteiger partial charge in [0.25, 0.3) is 0 Å². The molecule has 0 bridgehead atoms. The Hall–Kier alpha value is -2.17. The van der Waals surface area contributed by atoms with E-state index >= 15 is 0 Å². The monoisotopic (exact) mass is 267 g/mol. The van der Waals surface area contributed by atoms with Gasteiger partial charge >= 0.3 is 0 Å². The topological polar surface area (TPSA) is 32.3 Å². The molecule has 19 heavy (non-hydrogen) atoms. The summed E-state index contributed by atoms with van der Waals surface area (Å²) in [6.07, 6.45) is 0. The van der Waals surface area contributed by atoms with Crippen LogP contribution in [0.25, 0.3) is 0 Å². The first-order chi connectivity index (χ1) is 8.99. The number of halogens is 3. The maximum Gasteiger partial charge on any atom is 0.152 e. The summed E-state index contributed by atoms with van der Waals surface area (Å²) in [6, 6.07) is 5.87. The molecule has 2 nitrogen and oxygen atoms in total. The lowest BCUT2D eigenvalue weighted by atomic mass is 10.1. The zero-order valence-electron chi connectivity index (χ0n) is 10.2. The SMILES string of the molecule is Cc1ccc(F)c(NCc2cc(F)ccc2O)c1F. The molecule has 2 aromatic carbocycles. The number of phenolic OH excluding ortho intramolecular Hbond substituents is 1. The van der Waals surface area contributed by atoms with Crippen LogP contribution in [0.4, 0.5) is 18.9 Å². The van der Waals surface area contributed by atoms with Crippen molar-refractivity contribution < 1.29 is 18.3 Å². The van der Waals surface area contributed by atoms with Crippen LogP contribution in [-0.2, 0) is 6.54 Å². The Morgan fingerprint density at radius 3 is 2.58 bits per heavy atom. The largest absolute Gasteiger partial charge is 0.508 e. The number of phenols is 1. The molecular formula is C14H12F3NO. The fourth-order valence-corrected chi connectivity index (χ4v) is 1.70. The number of benzene rings is 2. The molecule has 0 amide bonds. The molecular weight excluding hydrogens is 255 g/mol. The van der Waals surface area contributed by atoms with Gasteiger partial charge < -0.3 is 10.4 Å². The molecule has 0 radical (unpaired) electrons. The van der Waals surface area contributed by atoms with Crippen LogP contribution in [0.15, 0.2) is 30.3 Å². The van der Waals surface area contributed by atoms with Crippen molar-refractivity contribution >= 4 is 5.69 Å². The van der Waals surface area contributed by atoms with E-state index in [2.05, 4.69) is 5.32 Å². The van der Waals surface area contributed by atoms with E-state index in [1.165, 1.54) is 19.1 Å². The van der Waals surface area contributed by atoms with Crippen LogP contribution in [0.3, 0.4) is 0 Å². The maximum atomic E-state index is 13.7. The van der Waals surface area contributed by atoms with E-state index in [9.17, 15) is 18.3 Å². The zero-order chi connectivity index (χ0) is 14.0. The lowest BCUT2D eigenvalue weighted by molar-refractivity contribution is 0.466. The first kappa shape index (κ1) is 13.3. The predicted molar refractivity (Wildman–Crippen MR) is 66.5 cm³/mol. The summed E-state index contributed by atoms with van der Waals surface area (Å²) in [7, 11) is 0. The van der Waals surface area contributed by atoms with Crippen molar-refractivity contribution in [3.63, 3.8) is 0 Å². The summed E-state index contributed by atoms with van der Waals surface area (Å²) in [5.74, 6) is -2.10. The van der Waals surface area contributed by atoms with E-state index in [1.807, 2.05) is 0 Å². The van der Waals surface area contributed by atoms with E-state index < -0.39 is 17.5 Å². The second-order valence-electron chi connectivity index (χ2n) is 4.18. The summed E-state index contributed by atoms with van der Waals surface area (Å²) in [5.41, 5.74) is 0.233. The highest BCUT2D eigenvalue weighted by Gasteiger charge is 2.12. The smallest absolute Gasteiger partial charge is 0.152 e. The van der Waals surface area contributed by atoms with Gasteiger partial charge in [-0.1, -0.05) is 6.07 Å². The Morgan fingerprint density at radius 2 is 1.84 bits per heavy atom. The molecule has 0 aliphatic carbocycles. The molecule has 0 unspecified atom stereocenters. The van der Waals surface area contributed by atoms with Gasteiger partial charge in [-0.3, -0.25) is 0 Å². The molecule has 0 fully saturated rings. The fraction of sp³-hybridized carbons (Fsp3) is 0.143. The molecule has 0 saturated carbocycles. The van der Waals surface area contributed by atoms with E-state index in [-0.39, 0.29) is 23.5 Å². The standard InChI is InChI=1S/C14H12F3NO/c1-8-2-4-11(16)14(13(8)17)18-7-9-6-10(15)3-5-12(9)19/h2-6,18-19H,7H2,1H3. The second kappa shape index (κ2) is 5.22. The summed E-state index contributed by atoms with van der Waals surface area (Å²) in [6.45, 7) is 1.43. The Kier molecular flexibility index (Phi) is 3.64. The third kappa shape index (κ3) is 2.81. The first-order valence-corrected chi connectivity index (χ1v) is 5.65. The number of nitrogens with one attached hydrogen (secondary N) is 1. The Bertz CT molecular complexity index is 614. The maximum absolute atomic E-state index is 13.7. The van der Waals surface area contributed by atoms with Crippen molar-refractivity contribution in [2.24, 2.45) is 0 Å². The molecule has 0 aromatic heterocycles. The highest BCUT2D eigenvalue weighted by Crippen LogP contribution is 2.24. The van der Waals surface area contributed by atoms with Crippen LogP contribution >= 0.6 is 0 Å². The van der Waals surface area contributed by atoms with Crippen molar-refractivity contribution in [1.82, 2.24) is 0 Å². The number of hydrogen-bond acceptors (Lipinski definition) is 2. The normalized spacial score (nSPS) is 10.5. The Labute approximate surface area is 108 Å². The minimum atomic E-state index is -0.737. The van der Waals surface area contributed by atoms with Crippen molar-refractivity contribution in [3.8, 4) is 5.75 Å². The van der Waals surface area contributed by atoms with Crippen LogP contribution in [0.1, 0.15) is 11.1 Å². The van der Waals surface area contributed by atoms with Crippen LogP contribution < -0.4 is 5.32 Å². The van der Waals surface area contributed by atoms with Gasteiger partial charge in [-0.2, -0.15) is 0 Å². The van der Waals surface area contributed by atoms with E-state index in [0.29, 0.717) is 5.56 Å². The van der Waals surface area contributed by atoms with Gasteiger partial charge in [0, 0.05) is 12.1 Å². The van der Waals surface area contributed by atoms with Crippen LogP contribution in [-0.4, -0.2) is 5.11 Å². The van der Waals surface area contributed by atoms with Crippen molar-refractivity contribution in [1.29, 1.82) is 0 Å². The molecule has 2 N–H and O–H groups in total. The quantitative estimate of drug-likeness (QED) is 0.888. The van der Waals surface area contributed by atoms with Crippen LogP contribution in [0, 0.1) is 24.4 Å². The fourth-order valence-electron chi connectivity index (χ4n) is 1.70. The third-order valence-electron chi connectivity index (χ3n) is 2.78. The summed E-state index contributed by atoms with van der Waals surface area (Å²) in [5, 5.41) is 12.0. The van der Waals surface area contributed by atoms with Gasteiger partial charge in [-0.25, -0.2) is 13.2 Å². The van der Waals surface area contributed by atoms with E-state index in [1.54, 1.807) is 0 Å². The lowest BCUT2D eigenvalue weighted by Crippen LogP contribution is -2.05. The molecule has 5 heteroatoms. The van der Waals surface area contributed by atoms with Gasteiger partial charge in [0.2, 0.25) is 0 Å². The van der Waals surface area contributed by atoms with Crippen molar-refractivity contribution in [2.45, 2.75) is 13.5 Å². The molecule has 2 rings (SSSR count). The van der Waals surface area contributed by atoms with Crippen molar-refractivity contribution in [3.05, 3.63) is 58.9 Å². The lowest BCUT2D eigenvalue weighted by Gasteiger charge is -2.11. The van der Waals surface area contributed by atoms with Gasteiger partial charge in [-0.15, -0.1) is 0 Å². The molecule has 0 aliphatic heterocycles. The van der Waals surface area contributed by atoms with Gasteiger partial charge in [0.05, 0.1) is 0 Å². The van der Waals surface area contributed by atoms with Gasteiger partial charge in [0.15, 0.2) is 5.82 Å². The zero-order valence-corrected chi connectivity index (χ0v) is 10.2. The molecule has 0 saturated heterocycles. The average molecular weight is 267 g/mol. The summed E-state index contributed by atoms with van der Waals surface area (Å²) >= 11 is 0. The minimum Gasteiger partial charge on any atom is -0.508 e. The predicted octanol–water partition coefficient (Wildman–Crippen LogP) is 3.73. The molecule has 0 heterocycles. The van der Waals surface area contributed by atoms with Crippen LogP contribution in [0.2, 0.25) is 0 Å². The molecule has 0 spiro atoms.